The summed E-state index contributed by atoms with van der Waals surface area (Å²) in [5.74, 6) is -0.0516. The van der Waals surface area contributed by atoms with Gasteiger partial charge in [0.15, 0.2) is 0 Å². The first-order chi connectivity index (χ1) is 8.56. The highest BCUT2D eigenvalue weighted by Crippen LogP contribution is 2.43. The molecule has 1 aliphatic carbocycles. The Bertz CT molecular complexity index is 453. The average molecular weight is 287 g/mol. The Morgan fingerprint density at radius 2 is 2.11 bits per heavy atom. The van der Waals surface area contributed by atoms with Gasteiger partial charge in [-0.2, -0.15) is 0 Å². The molecule has 0 heterocycles. The lowest BCUT2D eigenvalue weighted by Crippen LogP contribution is -2.40. The number of nitrogens with one attached hydrogen (secondary N) is 1. The van der Waals surface area contributed by atoms with Gasteiger partial charge in [0.1, 0.15) is 0 Å². The van der Waals surface area contributed by atoms with Gasteiger partial charge in [-0.05, 0) is 36.9 Å². The van der Waals surface area contributed by atoms with Crippen LogP contribution in [0.2, 0.25) is 10.0 Å². The molecular weight excluding hydrogens is 271 g/mol. The number of hydrogen-bond donors (Lipinski definition) is 2. The van der Waals surface area contributed by atoms with E-state index in [1.54, 1.807) is 18.2 Å². The smallest absolute Gasteiger partial charge is 0.225 e. The molecule has 3 nitrogen and oxygen atoms in total. The summed E-state index contributed by atoms with van der Waals surface area (Å²) in [7, 11) is 0. The van der Waals surface area contributed by atoms with E-state index >= 15 is 0 Å². The maximum atomic E-state index is 12.0. The van der Waals surface area contributed by atoms with E-state index < -0.39 is 0 Å². The number of amides is 1. The second kappa shape index (κ2) is 5.47. The van der Waals surface area contributed by atoms with Gasteiger partial charge in [0.2, 0.25) is 5.91 Å². The van der Waals surface area contributed by atoms with Crippen LogP contribution in [-0.2, 0) is 4.79 Å². The Hall–Kier alpha value is -0.770. The van der Waals surface area contributed by atoms with E-state index in [0.29, 0.717) is 28.7 Å². The highest BCUT2D eigenvalue weighted by Gasteiger charge is 2.37. The molecule has 0 spiro atoms. The van der Waals surface area contributed by atoms with Crippen LogP contribution in [0.25, 0.3) is 0 Å². The SMILES string of the molecule is NCC1(CC(=O)Nc2cccc(Cl)c2Cl)CCC1. The maximum Gasteiger partial charge on any atom is 0.225 e. The second-order valence-electron chi connectivity index (χ2n) is 4.88. The van der Waals surface area contributed by atoms with Crippen LogP contribution >= 0.6 is 23.2 Å². The molecule has 1 aliphatic rings. The van der Waals surface area contributed by atoms with Crippen LogP contribution < -0.4 is 11.1 Å². The van der Waals surface area contributed by atoms with Crippen molar-refractivity contribution in [1.82, 2.24) is 0 Å². The highest BCUT2D eigenvalue weighted by atomic mass is 35.5. The van der Waals surface area contributed by atoms with E-state index in [9.17, 15) is 4.79 Å². The van der Waals surface area contributed by atoms with Crippen molar-refractivity contribution in [3.05, 3.63) is 28.2 Å². The van der Waals surface area contributed by atoms with E-state index in [-0.39, 0.29) is 11.3 Å². The second-order valence-corrected chi connectivity index (χ2v) is 5.67. The molecular formula is C13H16Cl2N2O. The Morgan fingerprint density at radius 1 is 1.39 bits per heavy atom. The third-order valence-electron chi connectivity index (χ3n) is 3.61. The largest absolute Gasteiger partial charge is 0.330 e. The van der Waals surface area contributed by atoms with Gasteiger partial charge in [0, 0.05) is 6.42 Å². The minimum absolute atomic E-state index is 0.00483. The number of benzene rings is 1. The summed E-state index contributed by atoms with van der Waals surface area (Å²) < 4.78 is 0. The van der Waals surface area contributed by atoms with Gasteiger partial charge in [0.25, 0.3) is 0 Å². The number of anilines is 1. The summed E-state index contributed by atoms with van der Waals surface area (Å²) in [6, 6.07) is 5.18. The van der Waals surface area contributed by atoms with E-state index in [0.717, 1.165) is 19.3 Å². The van der Waals surface area contributed by atoms with Gasteiger partial charge in [-0.3, -0.25) is 4.79 Å². The molecule has 0 atom stereocenters. The highest BCUT2D eigenvalue weighted by molar-refractivity contribution is 6.43. The van der Waals surface area contributed by atoms with Crippen molar-refractivity contribution in [1.29, 1.82) is 0 Å². The Balaban J connectivity index is 2.01. The lowest BCUT2D eigenvalue weighted by molar-refractivity contribution is -0.119. The fourth-order valence-corrected chi connectivity index (χ4v) is 2.61. The molecule has 0 unspecified atom stereocenters. The summed E-state index contributed by atoms with van der Waals surface area (Å²) >= 11 is 11.9. The van der Waals surface area contributed by atoms with Crippen LogP contribution in [0.3, 0.4) is 0 Å². The standard InChI is InChI=1S/C13H16Cl2N2O/c14-9-3-1-4-10(12(9)15)17-11(18)7-13(8-16)5-2-6-13/h1,3-4H,2,5-8,16H2,(H,17,18). The number of rotatable bonds is 4. The molecule has 1 aromatic carbocycles. The topological polar surface area (TPSA) is 55.1 Å². The fourth-order valence-electron chi connectivity index (χ4n) is 2.27. The number of halogens is 2. The quantitative estimate of drug-likeness (QED) is 0.891. The summed E-state index contributed by atoms with van der Waals surface area (Å²) in [5.41, 5.74) is 6.29. The first-order valence-corrected chi connectivity index (χ1v) is 6.76. The number of carbonyl (C=O) groups excluding carboxylic acids is 1. The lowest BCUT2D eigenvalue weighted by atomic mass is 9.66. The third kappa shape index (κ3) is 2.79. The molecule has 5 heteroatoms. The molecule has 0 bridgehead atoms. The molecule has 18 heavy (non-hydrogen) atoms. The summed E-state index contributed by atoms with van der Waals surface area (Å²) in [5, 5.41) is 3.61. The van der Waals surface area contributed by atoms with Crippen molar-refractivity contribution < 1.29 is 4.79 Å². The zero-order valence-electron chi connectivity index (χ0n) is 10.0. The normalized spacial score (nSPS) is 17.1. The van der Waals surface area contributed by atoms with Crippen LogP contribution in [0, 0.1) is 5.41 Å². The zero-order valence-corrected chi connectivity index (χ0v) is 11.5. The molecule has 0 saturated heterocycles. The molecule has 0 aliphatic heterocycles. The van der Waals surface area contributed by atoms with Crippen LogP contribution in [-0.4, -0.2) is 12.5 Å². The number of carbonyl (C=O) groups is 1. The van der Waals surface area contributed by atoms with Crippen molar-refractivity contribution in [2.45, 2.75) is 25.7 Å². The van der Waals surface area contributed by atoms with Crippen molar-refractivity contribution in [2.24, 2.45) is 11.1 Å². The molecule has 0 aromatic heterocycles. The maximum absolute atomic E-state index is 12.0. The van der Waals surface area contributed by atoms with Gasteiger partial charge < -0.3 is 11.1 Å². The van der Waals surface area contributed by atoms with Gasteiger partial charge in [0.05, 0.1) is 15.7 Å². The first-order valence-electron chi connectivity index (χ1n) is 6.00. The molecule has 1 aromatic rings. The molecule has 98 valence electrons. The van der Waals surface area contributed by atoms with Crippen molar-refractivity contribution in [2.75, 3.05) is 11.9 Å². The van der Waals surface area contributed by atoms with E-state index in [2.05, 4.69) is 5.32 Å². The van der Waals surface area contributed by atoms with Crippen LogP contribution in [0.4, 0.5) is 5.69 Å². The van der Waals surface area contributed by atoms with Crippen molar-refractivity contribution in [3.8, 4) is 0 Å². The summed E-state index contributed by atoms with van der Waals surface area (Å²) in [4.78, 5) is 12.0. The van der Waals surface area contributed by atoms with Gasteiger partial charge >= 0.3 is 0 Å². The molecule has 0 radical (unpaired) electrons. The predicted molar refractivity (Wildman–Crippen MR) is 75.0 cm³/mol. The van der Waals surface area contributed by atoms with Crippen LogP contribution in [0.15, 0.2) is 18.2 Å². The average Bonchev–Trinajstić information content (AvgIpc) is 2.30. The minimum atomic E-state index is -0.0516. The monoisotopic (exact) mass is 286 g/mol. The Morgan fingerprint density at radius 3 is 2.67 bits per heavy atom. The molecule has 1 fully saturated rings. The van der Waals surface area contributed by atoms with E-state index in [4.69, 9.17) is 28.9 Å². The fraction of sp³-hybridized carbons (Fsp3) is 0.462. The van der Waals surface area contributed by atoms with Crippen LogP contribution in [0.1, 0.15) is 25.7 Å². The van der Waals surface area contributed by atoms with Crippen LogP contribution in [0.5, 0.6) is 0 Å². The predicted octanol–water partition coefficient (Wildman–Crippen LogP) is 3.45. The number of nitrogens with two attached hydrogens (primary N) is 1. The summed E-state index contributed by atoms with van der Waals surface area (Å²) in [6.45, 7) is 0.559. The van der Waals surface area contributed by atoms with Crippen molar-refractivity contribution >= 4 is 34.8 Å². The molecule has 1 saturated carbocycles. The molecule has 3 N–H and O–H groups in total. The van der Waals surface area contributed by atoms with Gasteiger partial charge in [-0.1, -0.05) is 35.7 Å². The molecule has 1 amide bonds. The Kier molecular flexibility index (Phi) is 4.15. The lowest BCUT2D eigenvalue weighted by Gasteiger charge is -2.40. The van der Waals surface area contributed by atoms with E-state index in [1.807, 2.05) is 0 Å². The van der Waals surface area contributed by atoms with Crippen molar-refractivity contribution in [3.63, 3.8) is 0 Å². The minimum Gasteiger partial charge on any atom is -0.330 e. The van der Waals surface area contributed by atoms with Gasteiger partial charge in [-0.15, -0.1) is 0 Å². The summed E-state index contributed by atoms with van der Waals surface area (Å²) in [6.07, 6.45) is 3.66. The third-order valence-corrected chi connectivity index (χ3v) is 4.43. The zero-order chi connectivity index (χ0) is 13.2. The van der Waals surface area contributed by atoms with Gasteiger partial charge in [-0.25, -0.2) is 0 Å². The number of hydrogen-bond acceptors (Lipinski definition) is 2. The first kappa shape index (κ1) is 13.7. The van der Waals surface area contributed by atoms with E-state index in [1.165, 1.54) is 0 Å². The Labute approximate surface area is 117 Å². The molecule has 2 rings (SSSR count).